The molecule has 0 radical (unpaired) electrons. The van der Waals surface area contributed by atoms with Gasteiger partial charge in [0.25, 0.3) is 0 Å². The lowest BCUT2D eigenvalue weighted by Gasteiger charge is -2.11. The maximum atomic E-state index is 14.9. The van der Waals surface area contributed by atoms with Crippen molar-refractivity contribution in [1.82, 2.24) is 24.7 Å². The summed E-state index contributed by atoms with van der Waals surface area (Å²) in [6.45, 7) is 1.02. The van der Waals surface area contributed by atoms with Gasteiger partial charge in [-0.15, -0.1) is 10.2 Å². The minimum absolute atomic E-state index is 0.195. The van der Waals surface area contributed by atoms with Gasteiger partial charge in [-0.1, -0.05) is 54.6 Å². The fraction of sp³-hybridized carbons (Fsp3) is 0.148. The van der Waals surface area contributed by atoms with Gasteiger partial charge in [-0.05, 0) is 43.4 Å². The first-order valence-electron chi connectivity index (χ1n) is 11.1. The lowest BCUT2D eigenvalue weighted by Crippen LogP contribution is -2.10. The number of fused-ring (bicyclic) bond motifs is 1. The number of ether oxygens (including phenoxy) is 1. The molecule has 2 heterocycles. The summed E-state index contributed by atoms with van der Waals surface area (Å²) in [5.74, 6) is -0.483. The molecule has 2 aromatic heterocycles. The molecule has 0 saturated heterocycles. The average molecular weight is 472 g/mol. The number of hydrogen-bond donors (Lipinski definition) is 0. The Kier molecular flexibility index (Phi) is 6.20. The highest BCUT2D eigenvalue weighted by atomic mass is 19.1. The van der Waals surface area contributed by atoms with Crippen molar-refractivity contribution in [3.8, 4) is 28.4 Å². The minimum atomic E-state index is -0.461. The van der Waals surface area contributed by atoms with Crippen molar-refractivity contribution < 1.29 is 13.5 Å². The molecule has 0 aliphatic carbocycles. The van der Waals surface area contributed by atoms with E-state index in [1.807, 2.05) is 26.2 Å². The van der Waals surface area contributed by atoms with Gasteiger partial charge < -0.3 is 9.64 Å². The third kappa shape index (κ3) is 4.61. The number of rotatable bonds is 7. The van der Waals surface area contributed by atoms with Crippen LogP contribution in [0.5, 0.6) is 5.88 Å². The third-order valence-corrected chi connectivity index (χ3v) is 5.55. The van der Waals surface area contributed by atoms with Crippen LogP contribution in [0.2, 0.25) is 0 Å². The Hall–Kier alpha value is -4.17. The standard InChI is InChI=1S/C27H23F2N5O/c1-33(2)16-18-8-7-9-19(14-18)17-35-27-25(20-10-3-5-12-22(20)28)24-15-30-31-26(34(24)32-27)21-11-4-6-13-23(21)29/h3-15H,16-17H2,1-2H3. The maximum absolute atomic E-state index is 14.9. The first-order chi connectivity index (χ1) is 17.0. The van der Waals surface area contributed by atoms with Crippen molar-refractivity contribution in [2.24, 2.45) is 0 Å². The van der Waals surface area contributed by atoms with Gasteiger partial charge >= 0.3 is 0 Å². The summed E-state index contributed by atoms with van der Waals surface area (Å²) >= 11 is 0. The smallest absolute Gasteiger partial charge is 0.242 e. The molecule has 3 aromatic carbocycles. The fourth-order valence-corrected chi connectivity index (χ4v) is 4.03. The second-order valence-electron chi connectivity index (χ2n) is 8.45. The zero-order chi connectivity index (χ0) is 24.4. The van der Waals surface area contributed by atoms with Gasteiger partial charge in [0.05, 0.1) is 17.3 Å². The van der Waals surface area contributed by atoms with Gasteiger partial charge in [0, 0.05) is 12.1 Å². The molecule has 5 aromatic rings. The number of benzene rings is 3. The Labute approximate surface area is 201 Å². The highest BCUT2D eigenvalue weighted by Crippen LogP contribution is 2.37. The summed E-state index contributed by atoms with van der Waals surface area (Å²) in [4.78, 5) is 2.09. The molecule has 35 heavy (non-hydrogen) atoms. The third-order valence-electron chi connectivity index (χ3n) is 5.55. The van der Waals surface area contributed by atoms with E-state index < -0.39 is 11.6 Å². The predicted octanol–water partition coefficient (Wildman–Crippen LogP) is 5.38. The second kappa shape index (κ2) is 9.60. The van der Waals surface area contributed by atoms with Crippen molar-refractivity contribution in [3.05, 3.63) is 102 Å². The monoisotopic (exact) mass is 471 g/mol. The summed E-state index contributed by atoms with van der Waals surface area (Å²) in [6.07, 6.45) is 1.48. The quantitative estimate of drug-likeness (QED) is 0.319. The van der Waals surface area contributed by atoms with E-state index in [2.05, 4.69) is 32.3 Å². The SMILES string of the molecule is CN(C)Cc1cccc(COc2nn3c(-c4ccccc4F)nncc3c2-c2ccccc2F)c1. The zero-order valence-corrected chi connectivity index (χ0v) is 19.3. The Morgan fingerprint density at radius 3 is 2.26 bits per heavy atom. The molecule has 0 fully saturated rings. The van der Waals surface area contributed by atoms with E-state index in [4.69, 9.17) is 4.74 Å². The molecule has 8 heteroatoms. The van der Waals surface area contributed by atoms with Crippen LogP contribution in [-0.4, -0.2) is 38.8 Å². The largest absolute Gasteiger partial charge is 0.471 e. The van der Waals surface area contributed by atoms with Gasteiger partial charge in [-0.25, -0.2) is 13.3 Å². The van der Waals surface area contributed by atoms with Gasteiger partial charge in [0.15, 0.2) is 5.82 Å². The molecule has 0 N–H and O–H groups in total. The topological polar surface area (TPSA) is 55.5 Å². The van der Waals surface area contributed by atoms with Gasteiger partial charge in [0.1, 0.15) is 23.8 Å². The van der Waals surface area contributed by atoms with Crippen molar-refractivity contribution in [3.63, 3.8) is 0 Å². The Balaban J connectivity index is 1.61. The fourth-order valence-electron chi connectivity index (χ4n) is 4.03. The van der Waals surface area contributed by atoms with E-state index in [-0.39, 0.29) is 23.9 Å². The molecule has 176 valence electrons. The molecular formula is C27H23F2N5O. The molecule has 0 bridgehead atoms. The first-order valence-corrected chi connectivity index (χ1v) is 11.1. The number of halogens is 2. The molecule has 0 saturated carbocycles. The van der Waals surface area contributed by atoms with Crippen LogP contribution in [-0.2, 0) is 13.2 Å². The van der Waals surface area contributed by atoms with Gasteiger partial charge in [0.2, 0.25) is 5.88 Å². The molecule has 0 atom stereocenters. The summed E-state index contributed by atoms with van der Waals surface area (Å²) in [7, 11) is 4.02. The molecule has 0 spiro atoms. The summed E-state index contributed by atoms with van der Waals surface area (Å²) < 4.78 is 37.1. The van der Waals surface area contributed by atoms with Crippen LogP contribution < -0.4 is 4.74 Å². The van der Waals surface area contributed by atoms with Crippen molar-refractivity contribution >= 4 is 5.52 Å². The van der Waals surface area contributed by atoms with Crippen LogP contribution in [0.25, 0.3) is 28.0 Å². The highest BCUT2D eigenvalue weighted by molar-refractivity contribution is 5.85. The molecular weight excluding hydrogens is 448 g/mol. The van der Waals surface area contributed by atoms with Crippen molar-refractivity contribution in [1.29, 1.82) is 0 Å². The molecule has 0 aliphatic heterocycles. The number of hydrogen-bond acceptors (Lipinski definition) is 5. The normalized spacial score (nSPS) is 11.3. The molecule has 0 unspecified atom stereocenters. The van der Waals surface area contributed by atoms with Crippen LogP contribution in [0.15, 0.2) is 79.0 Å². The van der Waals surface area contributed by atoms with Crippen LogP contribution in [0.4, 0.5) is 8.78 Å². The highest BCUT2D eigenvalue weighted by Gasteiger charge is 2.23. The summed E-state index contributed by atoms with van der Waals surface area (Å²) in [5.41, 5.74) is 3.53. The maximum Gasteiger partial charge on any atom is 0.242 e. The van der Waals surface area contributed by atoms with E-state index in [1.165, 1.54) is 22.8 Å². The van der Waals surface area contributed by atoms with Crippen molar-refractivity contribution in [2.45, 2.75) is 13.2 Å². The molecule has 6 nitrogen and oxygen atoms in total. The van der Waals surface area contributed by atoms with Crippen LogP contribution in [0.1, 0.15) is 11.1 Å². The van der Waals surface area contributed by atoms with E-state index in [9.17, 15) is 8.78 Å². The predicted molar refractivity (Wildman–Crippen MR) is 130 cm³/mol. The number of aromatic nitrogens is 4. The average Bonchev–Trinajstić information content (AvgIpc) is 3.22. The molecule has 5 rings (SSSR count). The van der Waals surface area contributed by atoms with E-state index in [1.54, 1.807) is 36.4 Å². The molecule has 0 aliphatic rings. The van der Waals surface area contributed by atoms with E-state index in [0.717, 1.165) is 17.7 Å². The summed E-state index contributed by atoms with van der Waals surface area (Å²) in [6, 6.07) is 20.7. The first kappa shape index (κ1) is 22.6. The second-order valence-corrected chi connectivity index (χ2v) is 8.45. The lowest BCUT2D eigenvalue weighted by molar-refractivity contribution is 0.293. The van der Waals surface area contributed by atoms with E-state index >= 15 is 0 Å². The van der Waals surface area contributed by atoms with Crippen LogP contribution >= 0.6 is 0 Å². The van der Waals surface area contributed by atoms with Crippen LogP contribution in [0, 0.1) is 11.6 Å². The minimum Gasteiger partial charge on any atom is -0.471 e. The van der Waals surface area contributed by atoms with Gasteiger partial charge in [-0.3, -0.25) is 0 Å². The summed E-state index contributed by atoms with van der Waals surface area (Å²) in [5, 5.41) is 12.8. The Bertz CT molecular complexity index is 1500. The zero-order valence-electron chi connectivity index (χ0n) is 19.3. The Morgan fingerprint density at radius 1 is 0.857 bits per heavy atom. The van der Waals surface area contributed by atoms with Crippen molar-refractivity contribution in [2.75, 3.05) is 14.1 Å². The lowest BCUT2D eigenvalue weighted by atomic mass is 10.1. The number of nitrogens with zero attached hydrogens (tertiary/aromatic N) is 5. The molecule has 0 amide bonds. The van der Waals surface area contributed by atoms with Gasteiger partial charge in [-0.2, -0.15) is 5.10 Å². The van der Waals surface area contributed by atoms with Crippen LogP contribution in [0.3, 0.4) is 0 Å². The Morgan fingerprint density at radius 2 is 1.54 bits per heavy atom. The van der Waals surface area contributed by atoms with E-state index in [0.29, 0.717) is 16.6 Å².